The Kier molecular flexibility index (Phi) is 5.69. The number of nitrogens with zero attached hydrogens (tertiary/aromatic N) is 2. The lowest BCUT2D eigenvalue weighted by molar-refractivity contribution is 0.430. The SMILES string of the molecule is CN(C)c1ccccc1NCCCCC(C)(C)C#N. The first-order valence-corrected chi connectivity index (χ1v) is 6.88. The molecule has 0 heterocycles. The molecule has 0 spiro atoms. The van der Waals surface area contributed by atoms with E-state index < -0.39 is 0 Å². The standard InChI is InChI=1S/C16H25N3/c1-16(2,13-17)11-7-8-12-18-14-9-5-6-10-15(14)19(3)4/h5-6,9-10,18H,7-8,11-12H2,1-4H3. The van der Waals surface area contributed by atoms with Gasteiger partial charge in [-0.05, 0) is 38.8 Å². The first-order valence-electron chi connectivity index (χ1n) is 6.88. The van der Waals surface area contributed by atoms with E-state index in [-0.39, 0.29) is 5.41 Å². The number of benzene rings is 1. The van der Waals surface area contributed by atoms with Crippen LogP contribution in [0.4, 0.5) is 11.4 Å². The maximum atomic E-state index is 8.95. The van der Waals surface area contributed by atoms with Crippen molar-refractivity contribution < 1.29 is 0 Å². The van der Waals surface area contributed by atoms with Gasteiger partial charge in [-0.1, -0.05) is 18.6 Å². The van der Waals surface area contributed by atoms with E-state index in [1.807, 2.05) is 19.9 Å². The molecular weight excluding hydrogens is 234 g/mol. The molecule has 19 heavy (non-hydrogen) atoms. The lowest BCUT2D eigenvalue weighted by atomic mass is 9.89. The number of rotatable bonds is 7. The average molecular weight is 259 g/mol. The predicted octanol–water partition coefficient (Wildman–Crippen LogP) is 3.88. The highest BCUT2D eigenvalue weighted by Gasteiger charge is 2.15. The Morgan fingerprint density at radius 3 is 2.53 bits per heavy atom. The van der Waals surface area contributed by atoms with E-state index in [0.29, 0.717) is 0 Å². The van der Waals surface area contributed by atoms with E-state index in [1.54, 1.807) is 0 Å². The number of nitriles is 1. The maximum absolute atomic E-state index is 8.95. The number of nitrogens with one attached hydrogen (secondary N) is 1. The molecule has 0 amide bonds. The molecule has 0 unspecified atom stereocenters. The van der Waals surface area contributed by atoms with Gasteiger partial charge in [0.2, 0.25) is 0 Å². The van der Waals surface area contributed by atoms with E-state index in [4.69, 9.17) is 5.26 Å². The molecule has 3 heteroatoms. The molecule has 1 N–H and O–H groups in total. The van der Waals surface area contributed by atoms with Crippen LogP contribution in [0.15, 0.2) is 24.3 Å². The van der Waals surface area contributed by atoms with Crippen molar-refractivity contribution in [3.05, 3.63) is 24.3 Å². The molecule has 0 saturated carbocycles. The molecule has 1 rings (SSSR count). The zero-order chi connectivity index (χ0) is 14.3. The minimum atomic E-state index is -0.193. The Labute approximate surface area is 117 Å². The molecule has 0 aliphatic carbocycles. The molecular formula is C16H25N3. The van der Waals surface area contributed by atoms with Gasteiger partial charge in [-0.2, -0.15) is 5.26 Å². The fourth-order valence-corrected chi connectivity index (χ4v) is 1.98. The average Bonchev–Trinajstić information content (AvgIpc) is 2.38. The lowest BCUT2D eigenvalue weighted by Gasteiger charge is -2.19. The van der Waals surface area contributed by atoms with Crippen molar-refractivity contribution in [1.29, 1.82) is 5.26 Å². The summed E-state index contributed by atoms with van der Waals surface area (Å²) >= 11 is 0. The zero-order valence-electron chi connectivity index (χ0n) is 12.5. The van der Waals surface area contributed by atoms with Gasteiger partial charge in [0, 0.05) is 20.6 Å². The van der Waals surface area contributed by atoms with E-state index in [0.717, 1.165) is 25.8 Å². The quantitative estimate of drug-likeness (QED) is 0.755. The molecule has 104 valence electrons. The van der Waals surface area contributed by atoms with Crippen LogP contribution in [0.25, 0.3) is 0 Å². The van der Waals surface area contributed by atoms with Gasteiger partial charge in [0.05, 0.1) is 22.9 Å². The minimum Gasteiger partial charge on any atom is -0.383 e. The van der Waals surface area contributed by atoms with Crippen molar-refractivity contribution in [3.8, 4) is 6.07 Å². The summed E-state index contributed by atoms with van der Waals surface area (Å²) in [5.74, 6) is 0. The third kappa shape index (κ3) is 5.21. The third-order valence-corrected chi connectivity index (χ3v) is 3.23. The van der Waals surface area contributed by atoms with E-state index in [9.17, 15) is 0 Å². The second-order valence-electron chi connectivity index (χ2n) is 5.79. The van der Waals surface area contributed by atoms with Crippen LogP contribution in [-0.4, -0.2) is 20.6 Å². The molecule has 1 aromatic rings. The fraction of sp³-hybridized carbons (Fsp3) is 0.562. The summed E-state index contributed by atoms with van der Waals surface area (Å²) in [6.07, 6.45) is 3.13. The zero-order valence-corrected chi connectivity index (χ0v) is 12.5. The van der Waals surface area contributed by atoms with Gasteiger partial charge in [-0.15, -0.1) is 0 Å². The Balaban J connectivity index is 2.37. The number of anilines is 2. The van der Waals surface area contributed by atoms with Crippen molar-refractivity contribution in [1.82, 2.24) is 0 Å². The summed E-state index contributed by atoms with van der Waals surface area (Å²) < 4.78 is 0. The monoisotopic (exact) mass is 259 g/mol. The van der Waals surface area contributed by atoms with Crippen LogP contribution in [0.3, 0.4) is 0 Å². The van der Waals surface area contributed by atoms with Crippen LogP contribution in [0, 0.1) is 16.7 Å². The van der Waals surface area contributed by atoms with Crippen LogP contribution in [0.1, 0.15) is 33.1 Å². The molecule has 0 bridgehead atoms. The summed E-state index contributed by atoms with van der Waals surface area (Å²) in [5.41, 5.74) is 2.19. The van der Waals surface area contributed by atoms with Crippen molar-refractivity contribution in [2.45, 2.75) is 33.1 Å². The van der Waals surface area contributed by atoms with Gasteiger partial charge in [0.1, 0.15) is 0 Å². The number of hydrogen-bond acceptors (Lipinski definition) is 3. The Morgan fingerprint density at radius 2 is 1.89 bits per heavy atom. The van der Waals surface area contributed by atoms with Gasteiger partial charge in [0.15, 0.2) is 0 Å². The molecule has 0 aliphatic rings. The Morgan fingerprint density at radius 1 is 1.21 bits per heavy atom. The smallest absolute Gasteiger partial charge is 0.0683 e. The van der Waals surface area contributed by atoms with Crippen LogP contribution < -0.4 is 10.2 Å². The van der Waals surface area contributed by atoms with Crippen molar-refractivity contribution in [2.24, 2.45) is 5.41 Å². The molecule has 0 aliphatic heterocycles. The van der Waals surface area contributed by atoms with Gasteiger partial charge >= 0.3 is 0 Å². The van der Waals surface area contributed by atoms with Crippen LogP contribution >= 0.6 is 0 Å². The second-order valence-corrected chi connectivity index (χ2v) is 5.79. The Bertz CT molecular complexity index is 430. The summed E-state index contributed by atoms with van der Waals surface area (Å²) in [7, 11) is 4.10. The van der Waals surface area contributed by atoms with E-state index in [1.165, 1.54) is 11.4 Å². The largest absolute Gasteiger partial charge is 0.383 e. The molecule has 0 aromatic heterocycles. The van der Waals surface area contributed by atoms with Crippen LogP contribution in [0.5, 0.6) is 0 Å². The predicted molar refractivity (Wildman–Crippen MR) is 82.5 cm³/mol. The topological polar surface area (TPSA) is 39.1 Å². The number of unbranched alkanes of at least 4 members (excludes halogenated alkanes) is 1. The third-order valence-electron chi connectivity index (χ3n) is 3.23. The van der Waals surface area contributed by atoms with Gasteiger partial charge in [-0.25, -0.2) is 0 Å². The van der Waals surface area contributed by atoms with E-state index in [2.05, 4.69) is 48.6 Å². The Hall–Kier alpha value is -1.69. The maximum Gasteiger partial charge on any atom is 0.0683 e. The number of para-hydroxylation sites is 2. The highest BCUT2D eigenvalue weighted by molar-refractivity contribution is 5.69. The van der Waals surface area contributed by atoms with Crippen molar-refractivity contribution in [2.75, 3.05) is 30.9 Å². The normalized spacial score (nSPS) is 10.9. The van der Waals surface area contributed by atoms with Crippen molar-refractivity contribution >= 4 is 11.4 Å². The first-order chi connectivity index (χ1) is 8.96. The van der Waals surface area contributed by atoms with Crippen LogP contribution in [-0.2, 0) is 0 Å². The molecule has 3 nitrogen and oxygen atoms in total. The van der Waals surface area contributed by atoms with Crippen molar-refractivity contribution in [3.63, 3.8) is 0 Å². The molecule has 0 atom stereocenters. The van der Waals surface area contributed by atoms with Gasteiger partial charge < -0.3 is 10.2 Å². The molecule has 0 radical (unpaired) electrons. The van der Waals surface area contributed by atoms with Gasteiger partial charge in [0.25, 0.3) is 0 Å². The number of hydrogen-bond donors (Lipinski definition) is 1. The van der Waals surface area contributed by atoms with E-state index >= 15 is 0 Å². The highest BCUT2D eigenvalue weighted by atomic mass is 15.1. The molecule has 0 saturated heterocycles. The summed E-state index contributed by atoms with van der Waals surface area (Å²) in [6.45, 7) is 4.95. The lowest BCUT2D eigenvalue weighted by Crippen LogP contribution is -2.13. The first kappa shape index (κ1) is 15.4. The highest BCUT2D eigenvalue weighted by Crippen LogP contribution is 2.24. The van der Waals surface area contributed by atoms with Crippen LogP contribution in [0.2, 0.25) is 0 Å². The summed E-state index contributed by atoms with van der Waals surface area (Å²) in [4.78, 5) is 2.11. The fourth-order valence-electron chi connectivity index (χ4n) is 1.98. The molecule has 0 fully saturated rings. The summed E-state index contributed by atoms with van der Waals surface area (Å²) in [6, 6.07) is 10.7. The van der Waals surface area contributed by atoms with Gasteiger partial charge in [-0.3, -0.25) is 0 Å². The summed E-state index contributed by atoms with van der Waals surface area (Å²) in [5, 5.41) is 12.4. The minimum absolute atomic E-state index is 0.193. The second kappa shape index (κ2) is 7.04. The molecule has 1 aromatic carbocycles.